The van der Waals surface area contributed by atoms with Gasteiger partial charge in [0.05, 0.1) is 7.11 Å². The van der Waals surface area contributed by atoms with E-state index in [0.717, 1.165) is 44.0 Å². The third-order valence-corrected chi connectivity index (χ3v) is 3.48. The first-order chi connectivity index (χ1) is 10.3. The molecule has 0 spiro atoms. The van der Waals surface area contributed by atoms with Gasteiger partial charge < -0.3 is 15.4 Å². The molecule has 1 fully saturated rings. The largest absolute Gasteiger partial charge is 0.497 e. The molecular weight excluding hydrogens is 266 g/mol. The molecule has 0 aliphatic carbocycles. The molecule has 0 radical (unpaired) electrons. The Balaban J connectivity index is 1.69. The molecule has 1 heterocycles. The average Bonchev–Trinajstić information content (AvgIpc) is 2.54. The molecule has 1 amide bonds. The second kappa shape index (κ2) is 8.44. The number of hydrogen-bond acceptors (Lipinski definition) is 4. The maximum atomic E-state index is 11.7. The summed E-state index contributed by atoms with van der Waals surface area (Å²) in [5, 5.41) is 6.22. The number of ether oxygens (including phenoxy) is 1. The van der Waals surface area contributed by atoms with Crippen LogP contribution in [0.3, 0.4) is 0 Å². The number of piperazine rings is 1. The van der Waals surface area contributed by atoms with Gasteiger partial charge in [0.25, 0.3) is 0 Å². The zero-order chi connectivity index (χ0) is 14.9. The Labute approximate surface area is 126 Å². The number of rotatable bonds is 6. The molecule has 5 heteroatoms. The summed E-state index contributed by atoms with van der Waals surface area (Å²) in [6, 6.07) is 7.59. The fourth-order valence-electron chi connectivity index (χ4n) is 2.22. The maximum absolute atomic E-state index is 11.7. The number of nitrogens with zero attached hydrogens (tertiary/aromatic N) is 1. The second-order valence-corrected chi connectivity index (χ2v) is 4.99. The van der Waals surface area contributed by atoms with E-state index in [2.05, 4.69) is 15.5 Å². The van der Waals surface area contributed by atoms with Crippen LogP contribution in [0.2, 0.25) is 0 Å². The molecule has 1 saturated heterocycles. The molecule has 1 aliphatic heterocycles. The number of amides is 1. The molecule has 0 atom stereocenters. The summed E-state index contributed by atoms with van der Waals surface area (Å²) in [5.74, 6) is 0.758. The lowest BCUT2D eigenvalue weighted by molar-refractivity contribution is -0.116. The summed E-state index contributed by atoms with van der Waals surface area (Å²) < 4.78 is 5.09. The summed E-state index contributed by atoms with van der Waals surface area (Å²) in [6.45, 7) is 5.77. The van der Waals surface area contributed by atoms with Crippen molar-refractivity contribution in [2.45, 2.75) is 0 Å². The summed E-state index contributed by atoms with van der Waals surface area (Å²) in [4.78, 5) is 14.1. The van der Waals surface area contributed by atoms with Gasteiger partial charge in [0.1, 0.15) is 5.75 Å². The number of benzene rings is 1. The standard InChI is InChI=1S/C16H23N3O2/c1-21-15-5-2-14(3-6-15)4-7-16(20)18-10-13-19-11-8-17-9-12-19/h2-7,17H,8-13H2,1H3,(H,18,20)/b7-4+. The van der Waals surface area contributed by atoms with Crippen molar-refractivity contribution in [2.24, 2.45) is 0 Å². The molecular formula is C16H23N3O2. The van der Waals surface area contributed by atoms with E-state index in [1.165, 1.54) is 0 Å². The third-order valence-electron chi connectivity index (χ3n) is 3.48. The van der Waals surface area contributed by atoms with Crippen LogP contribution in [0.1, 0.15) is 5.56 Å². The van der Waals surface area contributed by atoms with Gasteiger partial charge in [0.15, 0.2) is 0 Å². The van der Waals surface area contributed by atoms with E-state index in [1.54, 1.807) is 19.3 Å². The Kier molecular flexibility index (Phi) is 6.24. The molecule has 5 nitrogen and oxygen atoms in total. The highest BCUT2D eigenvalue weighted by molar-refractivity contribution is 5.91. The van der Waals surface area contributed by atoms with E-state index in [-0.39, 0.29) is 5.91 Å². The first-order valence-corrected chi connectivity index (χ1v) is 7.31. The number of methoxy groups -OCH3 is 1. The van der Waals surface area contributed by atoms with Gasteiger partial charge in [-0.1, -0.05) is 12.1 Å². The van der Waals surface area contributed by atoms with Crippen LogP contribution in [0.25, 0.3) is 6.08 Å². The van der Waals surface area contributed by atoms with Crippen molar-refractivity contribution in [3.63, 3.8) is 0 Å². The minimum atomic E-state index is -0.0547. The first kappa shape index (κ1) is 15.5. The van der Waals surface area contributed by atoms with Gasteiger partial charge in [-0.2, -0.15) is 0 Å². The number of carbonyl (C=O) groups is 1. The quantitative estimate of drug-likeness (QED) is 0.758. The molecule has 114 valence electrons. The van der Waals surface area contributed by atoms with Crippen LogP contribution in [-0.2, 0) is 4.79 Å². The minimum absolute atomic E-state index is 0.0547. The Bertz CT molecular complexity index is 465. The number of nitrogens with one attached hydrogen (secondary N) is 2. The van der Waals surface area contributed by atoms with Gasteiger partial charge >= 0.3 is 0 Å². The predicted molar refractivity (Wildman–Crippen MR) is 84.3 cm³/mol. The van der Waals surface area contributed by atoms with E-state index in [4.69, 9.17) is 4.74 Å². The molecule has 1 aromatic rings. The van der Waals surface area contributed by atoms with E-state index in [1.807, 2.05) is 24.3 Å². The summed E-state index contributed by atoms with van der Waals surface area (Å²) in [5.41, 5.74) is 0.980. The van der Waals surface area contributed by atoms with Gasteiger partial charge in [0.2, 0.25) is 5.91 Å². The molecule has 0 saturated carbocycles. The SMILES string of the molecule is COc1ccc(/C=C/C(=O)NCCN2CCNCC2)cc1. The smallest absolute Gasteiger partial charge is 0.244 e. The zero-order valence-electron chi connectivity index (χ0n) is 12.5. The van der Waals surface area contributed by atoms with Crippen LogP contribution in [0, 0.1) is 0 Å². The fraction of sp³-hybridized carbons (Fsp3) is 0.438. The van der Waals surface area contributed by atoms with E-state index in [0.29, 0.717) is 6.54 Å². The van der Waals surface area contributed by atoms with Crippen molar-refractivity contribution in [2.75, 3.05) is 46.4 Å². The van der Waals surface area contributed by atoms with Crippen molar-refractivity contribution in [1.29, 1.82) is 0 Å². The van der Waals surface area contributed by atoms with Crippen LogP contribution < -0.4 is 15.4 Å². The molecule has 0 bridgehead atoms. The molecule has 0 unspecified atom stereocenters. The molecule has 0 aromatic heterocycles. The first-order valence-electron chi connectivity index (χ1n) is 7.31. The lowest BCUT2D eigenvalue weighted by Gasteiger charge is -2.26. The van der Waals surface area contributed by atoms with Gasteiger partial charge in [-0.15, -0.1) is 0 Å². The fourth-order valence-corrected chi connectivity index (χ4v) is 2.22. The normalized spacial score (nSPS) is 16.0. The summed E-state index contributed by atoms with van der Waals surface area (Å²) >= 11 is 0. The van der Waals surface area contributed by atoms with Gasteiger partial charge in [0, 0.05) is 45.3 Å². The monoisotopic (exact) mass is 289 g/mol. The van der Waals surface area contributed by atoms with Crippen LogP contribution in [-0.4, -0.2) is 57.2 Å². The lowest BCUT2D eigenvalue weighted by atomic mass is 10.2. The highest BCUT2D eigenvalue weighted by Crippen LogP contribution is 2.12. The van der Waals surface area contributed by atoms with Gasteiger partial charge in [-0.25, -0.2) is 0 Å². The van der Waals surface area contributed by atoms with Crippen molar-refractivity contribution >= 4 is 12.0 Å². The van der Waals surface area contributed by atoms with Crippen molar-refractivity contribution in [3.8, 4) is 5.75 Å². The van der Waals surface area contributed by atoms with Gasteiger partial charge in [-0.3, -0.25) is 9.69 Å². The van der Waals surface area contributed by atoms with E-state index >= 15 is 0 Å². The molecule has 2 rings (SSSR count). The Morgan fingerprint density at radius 3 is 2.71 bits per heavy atom. The van der Waals surface area contributed by atoms with Crippen LogP contribution >= 0.6 is 0 Å². The highest BCUT2D eigenvalue weighted by Gasteiger charge is 2.08. The van der Waals surface area contributed by atoms with Crippen LogP contribution in [0.5, 0.6) is 5.75 Å². The summed E-state index contributed by atoms with van der Waals surface area (Å²) in [6.07, 6.45) is 3.37. The topological polar surface area (TPSA) is 53.6 Å². The maximum Gasteiger partial charge on any atom is 0.244 e. The van der Waals surface area contributed by atoms with Crippen molar-refractivity contribution in [3.05, 3.63) is 35.9 Å². The van der Waals surface area contributed by atoms with Crippen LogP contribution in [0.15, 0.2) is 30.3 Å². The average molecular weight is 289 g/mol. The minimum Gasteiger partial charge on any atom is -0.497 e. The van der Waals surface area contributed by atoms with E-state index in [9.17, 15) is 4.79 Å². The Hall–Kier alpha value is -1.85. The highest BCUT2D eigenvalue weighted by atomic mass is 16.5. The van der Waals surface area contributed by atoms with Crippen molar-refractivity contribution < 1.29 is 9.53 Å². The molecule has 21 heavy (non-hydrogen) atoms. The predicted octanol–water partition coefficient (Wildman–Crippen LogP) is 0.730. The Morgan fingerprint density at radius 1 is 1.33 bits per heavy atom. The third kappa shape index (κ3) is 5.57. The number of hydrogen-bond donors (Lipinski definition) is 2. The second-order valence-electron chi connectivity index (χ2n) is 4.99. The van der Waals surface area contributed by atoms with E-state index < -0.39 is 0 Å². The lowest BCUT2D eigenvalue weighted by Crippen LogP contribution is -2.46. The van der Waals surface area contributed by atoms with Gasteiger partial charge in [-0.05, 0) is 23.8 Å². The zero-order valence-corrected chi connectivity index (χ0v) is 12.5. The molecule has 1 aliphatic rings. The molecule has 2 N–H and O–H groups in total. The summed E-state index contributed by atoms with van der Waals surface area (Å²) in [7, 11) is 1.64. The van der Waals surface area contributed by atoms with Crippen molar-refractivity contribution in [1.82, 2.24) is 15.5 Å². The Morgan fingerprint density at radius 2 is 2.05 bits per heavy atom. The molecule has 1 aromatic carbocycles. The van der Waals surface area contributed by atoms with Crippen LogP contribution in [0.4, 0.5) is 0 Å². The number of carbonyl (C=O) groups excluding carboxylic acids is 1.